The fraction of sp³-hybridized carbons (Fsp3) is 0.700. The summed E-state index contributed by atoms with van der Waals surface area (Å²) in [6, 6.07) is 0. The summed E-state index contributed by atoms with van der Waals surface area (Å²) in [6.07, 6.45) is 3.18. The number of halogens is 1. The van der Waals surface area contributed by atoms with Gasteiger partial charge in [-0.15, -0.1) is 21.8 Å². The van der Waals surface area contributed by atoms with Gasteiger partial charge in [0, 0.05) is 18.9 Å². The summed E-state index contributed by atoms with van der Waals surface area (Å²) >= 11 is 6.90. The SMILES string of the molecule is O=C(CCCCl)Nc1nnc(C2CCCO2)s1. The Morgan fingerprint density at radius 3 is 3.18 bits per heavy atom. The number of amides is 1. The zero-order valence-electron chi connectivity index (χ0n) is 9.32. The molecular weight excluding hydrogens is 262 g/mol. The number of rotatable bonds is 5. The van der Waals surface area contributed by atoms with Gasteiger partial charge in [0.25, 0.3) is 0 Å². The number of hydrogen-bond donors (Lipinski definition) is 1. The maximum atomic E-state index is 11.4. The van der Waals surface area contributed by atoms with E-state index >= 15 is 0 Å². The van der Waals surface area contributed by atoms with Crippen molar-refractivity contribution < 1.29 is 9.53 Å². The van der Waals surface area contributed by atoms with Gasteiger partial charge in [0.2, 0.25) is 11.0 Å². The van der Waals surface area contributed by atoms with Crippen molar-refractivity contribution in [1.29, 1.82) is 0 Å². The molecule has 1 unspecified atom stereocenters. The molecule has 7 heteroatoms. The van der Waals surface area contributed by atoms with Crippen LogP contribution in [0.2, 0.25) is 0 Å². The third kappa shape index (κ3) is 3.62. The lowest BCUT2D eigenvalue weighted by Crippen LogP contribution is -2.10. The van der Waals surface area contributed by atoms with E-state index in [1.165, 1.54) is 11.3 Å². The minimum absolute atomic E-state index is 0.0565. The monoisotopic (exact) mass is 275 g/mol. The number of nitrogens with zero attached hydrogens (tertiary/aromatic N) is 2. The number of nitrogens with one attached hydrogen (secondary N) is 1. The zero-order chi connectivity index (χ0) is 12.1. The third-order valence-electron chi connectivity index (χ3n) is 2.43. The van der Waals surface area contributed by atoms with Crippen molar-refractivity contribution in [3.63, 3.8) is 0 Å². The first-order valence-electron chi connectivity index (χ1n) is 5.60. The minimum atomic E-state index is -0.0688. The second kappa shape index (κ2) is 6.28. The summed E-state index contributed by atoms with van der Waals surface area (Å²) in [4.78, 5) is 11.4. The molecule has 0 spiro atoms. The van der Waals surface area contributed by atoms with Crippen molar-refractivity contribution in [3.8, 4) is 0 Å². The molecule has 94 valence electrons. The number of carbonyl (C=O) groups is 1. The molecule has 1 aromatic rings. The molecule has 1 N–H and O–H groups in total. The minimum Gasteiger partial charge on any atom is -0.371 e. The highest BCUT2D eigenvalue weighted by atomic mass is 35.5. The Morgan fingerprint density at radius 1 is 1.59 bits per heavy atom. The smallest absolute Gasteiger partial charge is 0.226 e. The van der Waals surface area contributed by atoms with Crippen LogP contribution >= 0.6 is 22.9 Å². The Labute approximate surface area is 109 Å². The number of alkyl halides is 1. The van der Waals surface area contributed by atoms with E-state index in [0.29, 0.717) is 23.9 Å². The molecule has 1 amide bonds. The van der Waals surface area contributed by atoms with Crippen molar-refractivity contribution in [2.45, 2.75) is 31.8 Å². The molecule has 0 bridgehead atoms. The molecule has 1 aliphatic rings. The predicted molar refractivity (Wildman–Crippen MR) is 66.4 cm³/mol. The summed E-state index contributed by atoms with van der Waals surface area (Å²) in [6.45, 7) is 0.779. The highest BCUT2D eigenvalue weighted by Gasteiger charge is 2.22. The zero-order valence-corrected chi connectivity index (χ0v) is 10.9. The third-order valence-corrected chi connectivity index (χ3v) is 3.63. The van der Waals surface area contributed by atoms with Gasteiger partial charge in [0.05, 0.1) is 0 Å². The Morgan fingerprint density at radius 2 is 2.47 bits per heavy atom. The van der Waals surface area contributed by atoms with Crippen LogP contribution in [0, 0.1) is 0 Å². The molecule has 17 heavy (non-hydrogen) atoms. The molecule has 0 radical (unpaired) electrons. The van der Waals surface area contributed by atoms with E-state index in [-0.39, 0.29) is 12.0 Å². The first-order chi connectivity index (χ1) is 8.29. The molecule has 1 saturated heterocycles. The van der Waals surface area contributed by atoms with Gasteiger partial charge < -0.3 is 10.1 Å². The Bertz CT molecular complexity index is 379. The van der Waals surface area contributed by atoms with E-state index in [1.54, 1.807) is 0 Å². The molecule has 0 aliphatic carbocycles. The Kier molecular flexibility index (Phi) is 4.70. The van der Waals surface area contributed by atoms with Crippen LogP contribution in [0.25, 0.3) is 0 Å². The highest BCUT2D eigenvalue weighted by molar-refractivity contribution is 7.15. The lowest BCUT2D eigenvalue weighted by molar-refractivity contribution is -0.116. The first kappa shape index (κ1) is 12.7. The summed E-state index contributed by atoms with van der Waals surface area (Å²) in [5.41, 5.74) is 0. The van der Waals surface area contributed by atoms with Gasteiger partial charge in [-0.3, -0.25) is 4.79 Å². The molecule has 5 nitrogen and oxygen atoms in total. The number of carbonyl (C=O) groups excluding carboxylic acids is 1. The van der Waals surface area contributed by atoms with Crippen LogP contribution in [0.5, 0.6) is 0 Å². The van der Waals surface area contributed by atoms with E-state index in [1.807, 2.05) is 0 Å². The molecule has 2 rings (SSSR count). The number of hydrogen-bond acceptors (Lipinski definition) is 5. The largest absolute Gasteiger partial charge is 0.371 e. The lowest BCUT2D eigenvalue weighted by Gasteiger charge is -2.02. The summed E-state index contributed by atoms with van der Waals surface area (Å²) in [7, 11) is 0. The quantitative estimate of drug-likeness (QED) is 0.838. The van der Waals surface area contributed by atoms with E-state index < -0.39 is 0 Å². The average molecular weight is 276 g/mol. The maximum absolute atomic E-state index is 11.4. The van der Waals surface area contributed by atoms with Crippen molar-refractivity contribution in [2.24, 2.45) is 0 Å². The number of anilines is 1. The van der Waals surface area contributed by atoms with E-state index in [9.17, 15) is 4.79 Å². The standard InChI is InChI=1S/C10H14ClN3O2S/c11-5-1-4-8(15)12-10-14-13-9(17-10)7-3-2-6-16-7/h7H,1-6H2,(H,12,14,15). The van der Waals surface area contributed by atoms with Gasteiger partial charge in [-0.05, 0) is 19.3 Å². The molecule has 1 atom stereocenters. The molecule has 2 heterocycles. The van der Waals surface area contributed by atoms with Gasteiger partial charge in [-0.25, -0.2) is 0 Å². The van der Waals surface area contributed by atoms with Crippen molar-refractivity contribution in [3.05, 3.63) is 5.01 Å². The van der Waals surface area contributed by atoms with Gasteiger partial charge >= 0.3 is 0 Å². The molecular formula is C10H14ClN3O2S. The van der Waals surface area contributed by atoms with Crippen molar-refractivity contribution >= 4 is 34.0 Å². The molecule has 1 aliphatic heterocycles. The Hall–Kier alpha value is -0.720. The summed E-state index contributed by atoms with van der Waals surface area (Å²) in [5.74, 6) is 0.422. The number of ether oxygens (including phenoxy) is 1. The van der Waals surface area contributed by atoms with E-state index in [4.69, 9.17) is 16.3 Å². The summed E-state index contributed by atoms with van der Waals surface area (Å²) in [5, 5.41) is 12.1. The molecule has 1 aromatic heterocycles. The molecule has 1 fully saturated rings. The maximum Gasteiger partial charge on any atom is 0.226 e. The van der Waals surface area contributed by atoms with Crippen LogP contribution in [-0.2, 0) is 9.53 Å². The fourth-order valence-corrected chi connectivity index (χ4v) is 2.57. The van der Waals surface area contributed by atoms with Crippen molar-refractivity contribution in [1.82, 2.24) is 10.2 Å². The number of aromatic nitrogens is 2. The van der Waals surface area contributed by atoms with Crippen LogP contribution in [0.15, 0.2) is 0 Å². The van der Waals surface area contributed by atoms with E-state index in [0.717, 1.165) is 24.5 Å². The normalized spacial score (nSPS) is 19.5. The fourth-order valence-electron chi connectivity index (χ4n) is 1.60. The Balaban J connectivity index is 1.87. The first-order valence-corrected chi connectivity index (χ1v) is 6.95. The lowest BCUT2D eigenvalue weighted by atomic mass is 10.2. The van der Waals surface area contributed by atoms with Crippen LogP contribution in [0.4, 0.5) is 5.13 Å². The second-order valence-corrected chi connectivity index (χ2v) is 5.17. The van der Waals surface area contributed by atoms with Crippen LogP contribution in [0.1, 0.15) is 36.8 Å². The molecule has 0 aromatic carbocycles. The van der Waals surface area contributed by atoms with Gasteiger partial charge in [0.1, 0.15) is 11.1 Å². The second-order valence-electron chi connectivity index (χ2n) is 3.79. The van der Waals surface area contributed by atoms with Crippen LogP contribution in [-0.4, -0.2) is 28.6 Å². The van der Waals surface area contributed by atoms with Crippen LogP contribution < -0.4 is 5.32 Å². The van der Waals surface area contributed by atoms with E-state index in [2.05, 4.69) is 15.5 Å². The highest BCUT2D eigenvalue weighted by Crippen LogP contribution is 2.31. The van der Waals surface area contributed by atoms with Gasteiger partial charge in [0.15, 0.2) is 0 Å². The predicted octanol–water partition coefficient (Wildman–Crippen LogP) is 2.35. The van der Waals surface area contributed by atoms with Crippen molar-refractivity contribution in [2.75, 3.05) is 17.8 Å². The molecule has 0 saturated carbocycles. The topological polar surface area (TPSA) is 64.1 Å². The van der Waals surface area contributed by atoms with Crippen LogP contribution in [0.3, 0.4) is 0 Å². The van der Waals surface area contributed by atoms with Gasteiger partial charge in [-0.1, -0.05) is 11.3 Å². The summed E-state index contributed by atoms with van der Waals surface area (Å²) < 4.78 is 5.50. The van der Waals surface area contributed by atoms with Gasteiger partial charge in [-0.2, -0.15) is 0 Å². The average Bonchev–Trinajstić information content (AvgIpc) is 2.95.